The molecule has 0 fully saturated rings. The van der Waals surface area contributed by atoms with Gasteiger partial charge in [-0.25, -0.2) is 18.7 Å². The molecule has 1 aliphatic rings. The Bertz CT molecular complexity index is 1120. The number of urea groups is 1. The van der Waals surface area contributed by atoms with Gasteiger partial charge in [-0.3, -0.25) is 0 Å². The minimum absolute atomic E-state index is 0.235. The standard InChI is InChI=1S/C24H25FN4O3/c1-3-32-23(30)22-20-15-28(24(31)26-14-17-6-8-18(25)9-7-17)13-12-21(20)29(27-22)19-10-4-16(2)5-11-19/h4-11H,3,12-15H2,1-2H3,(H,26,31). The van der Waals surface area contributed by atoms with E-state index < -0.39 is 5.97 Å². The Hall–Kier alpha value is -3.68. The highest BCUT2D eigenvalue weighted by Crippen LogP contribution is 2.26. The molecule has 1 N–H and O–H groups in total. The number of nitrogens with zero attached hydrogens (tertiary/aromatic N) is 3. The Kier molecular flexibility index (Phi) is 6.20. The van der Waals surface area contributed by atoms with Crippen LogP contribution in [0.15, 0.2) is 48.5 Å². The average molecular weight is 436 g/mol. The van der Waals surface area contributed by atoms with Crippen LogP contribution < -0.4 is 5.32 Å². The Morgan fingerprint density at radius 2 is 1.84 bits per heavy atom. The normalized spacial score (nSPS) is 12.9. The lowest BCUT2D eigenvalue weighted by molar-refractivity contribution is 0.0516. The molecule has 0 radical (unpaired) electrons. The highest BCUT2D eigenvalue weighted by Gasteiger charge is 2.31. The van der Waals surface area contributed by atoms with E-state index in [4.69, 9.17) is 4.74 Å². The van der Waals surface area contributed by atoms with Crippen LogP contribution in [0, 0.1) is 12.7 Å². The predicted octanol–water partition coefficient (Wildman–Crippen LogP) is 3.76. The number of aryl methyl sites for hydroxylation is 1. The van der Waals surface area contributed by atoms with Gasteiger partial charge < -0.3 is 15.0 Å². The number of hydrogen-bond donors (Lipinski definition) is 1. The lowest BCUT2D eigenvalue weighted by atomic mass is 10.0. The maximum atomic E-state index is 13.1. The van der Waals surface area contributed by atoms with Gasteiger partial charge in [0.15, 0.2) is 5.69 Å². The van der Waals surface area contributed by atoms with Crippen molar-refractivity contribution in [3.8, 4) is 5.69 Å². The molecule has 1 aliphatic heterocycles. The molecule has 0 aliphatic carbocycles. The Balaban J connectivity index is 1.56. The molecule has 4 rings (SSSR count). The second-order valence-electron chi connectivity index (χ2n) is 7.70. The maximum absolute atomic E-state index is 13.1. The SMILES string of the molecule is CCOC(=O)c1nn(-c2ccc(C)cc2)c2c1CN(C(=O)NCc1ccc(F)cc1)CC2. The highest BCUT2D eigenvalue weighted by molar-refractivity contribution is 5.89. The van der Waals surface area contributed by atoms with E-state index in [-0.39, 0.29) is 37.2 Å². The van der Waals surface area contributed by atoms with Crippen LogP contribution in [-0.4, -0.2) is 39.8 Å². The number of ether oxygens (including phenoxy) is 1. The van der Waals surface area contributed by atoms with Crippen molar-refractivity contribution in [3.63, 3.8) is 0 Å². The van der Waals surface area contributed by atoms with Crippen molar-refractivity contribution in [1.82, 2.24) is 20.0 Å². The second kappa shape index (κ2) is 9.21. The molecule has 0 saturated carbocycles. The quantitative estimate of drug-likeness (QED) is 0.618. The monoisotopic (exact) mass is 436 g/mol. The van der Waals surface area contributed by atoms with Crippen LogP contribution in [0.2, 0.25) is 0 Å². The molecule has 0 bridgehead atoms. The van der Waals surface area contributed by atoms with Crippen LogP contribution in [0.4, 0.5) is 9.18 Å². The lowest BCUT2D eigenvalue weighted by Crippen LogP contribution is -2.42. The van der Waals surface area contributed by atoms with Crippen LogP contribution in [0.3, 0.4) is 0 Å². The van der Waals surface area contributed by atoms with Crippen LogP contribution in [0.5, 0.6) is 0 Å². The molecule has 7 nitrogen and oxygen atoms in total. The van der Waals surface area contributed by atoms with Crippen LogP contribution in [0.25, 0.3) is 5.69 Å². The Labute approximate surface area is 185 Å². The van der Waals surface area contributed by atoms with Gasteiger partial charge >= 0.3 is 12.0 Å². The zero-order valence-electron chi connectivity index (χ0n) is 18.1. The number of rotatable bonds is 5. The fourth-order valence-electron chi connectivity index (χ4n) is 3.75. The first-order chi connectivity index (χ1) is 15.5. The number of carbonyl (C=O) groups excluding carboxylic acids is 2. The smallest absolute Gasteiger partial charge is 0.359 e. The molecule has 8 heteroatoms. The first-order valence-corrected chi connectivity index (χ1v) is 10.6. The summed E-state index contributed by atoms with van der Waals surface area (Å²) in [6.45, 7) is 5.03. The minimum Gasteiger partial charge on any atom is -0.461 e. The first kappa shape index (κ1) is 21.5. The maximum Gasteiger partial charge on any atom is 0.359 e. The summed E-state index contributed by atoms with van der Waals surface area (Å²) >= 11 is 0. The van der Waals surface area contributed by atoms with E-state index in [1.54, 1.807) is 28.6 Å². The van der Waals surface area contributed by atoms with Gasteiger partial charge in [0, 0.05) is 25.1 Å². The topological polar surface area (TPSA) is 76.5 Å². The molecule has 0 spiro atoms. The molecule has 2 aromatic carbocycles. The average Bonchev–Trinajstić information content (AvgIpc) is 3.18. The van der Waals surface area contributed by atoms with E-state index in [1.807, 2.05) is 31.2 Å². The summed E-state index contributed by atoms with van der Waals surface area (Å²) < 4.78 is 20.1. The fraction of sp³-hybridized carbons (Fsp3) is 0.292. The van der Waals surface area contributed by atoms with E-state index in [9.17, 15) is 14.0 Å². The van der Waals surface area contributed by atoms with Crippen molar-refractivity contribution in [2.75, 3.05) is 13.2 Å². The highest BCUT2D eigenvalue weighted by atomic mass is 19.1. The summed E-state index contributed by atoms with van der Waals surface area (Å²) in [7, 11) is 0. The third-order valence-electron chi connectivity index (χ3n) is 5.45. The number of nitrogens with one attached hydrogen (secondary N) is 1. The number of amides is 2. The second-order valence-corrected chi connectivity index (χ2v) is 7.70. The van der Waals surface area contributed by atoms with E-state index >= 15 is 0 Å². The Morgan fingerprint density at radius 1 is 1.12 bits per heavy atom. The van der Waals surface area contributed by atoms with Gasteiger partial charge in [-0.15, -0.1) is 0 Å². The molecule has 32 heavy (non-hydrogen) atoms. The third kappa shape index (κ3) is 4.49. The summed E-state index contributed by atoms with van der Waals surface area (Å²) in [6, 6.07) is 13.6. The lowest BCUT2D eigenvalue weighted by Gasteiger charge is -2.28. The molecule has 2 heterocycles. The van der Waals surface area contributed by atoms with Gasteiger partial charge in [0.1, 0.15) is 5.82 Å². The van der Waals surface area contributed by atoms with Crippen molar-refractivity contribution >= 4 is 12.0 Å². The molecular weight excluding hydrogens is 411 g/mol. The molecule has 1 aromatic heterocycles. The van der Waals surface area contributed by atoms with Crippen molar-refractivity contribution in [2.24, 2.45) is 0 Å². The van der Waals surface area contributed by atoms with Gasteiger partial charge in [-0.05, 0) is 43.7 Å². The minimum atomic E-state index is -0.497. The molecule has 0 atom stereocenters. The van der Waals surface area contributed by atoms with Gasteiger partial charge in [-0.2, -0.15) is 5.10 Å². The van der Waals surface area contributed by atoms with Crippen LogP contribution in [0.1, 0.15) is 39.8 Å². The summed E-state index contributed by atoms with van der Waals surface area (Å²) in [5, 5.41) is 7.41. The zero-order valence-corrected chi connectivity index (χ0v) is 18.1. The Morgan fingerprint density at radius 3 is 2.53 bits per heavy atom. The van der Waals surface area contributed by atoms with Crippen LogP contribution >= 0.6 is 0 Å². The van der Waals surface area contributed by atoms with Crippen molar-refractivity contribution in [2.45, 2.75) is 33.4 Å². The van der Waals surface area contributed by atoms with E-state index in [1.165, 1.54) is 12.1 Å². The number of halogens is 1. The fourth-order valence-corrected chi connectivity index (χ4v) is 3.75. The van der Waals surface area contributed by atoms with E-state index in [0.29, 0.717) is 18.5 Å². The summed E-state index contributed by atoms with van der Waals surface area (Å²) in [4.78, 5) is 27.0. The molecule has 0 saturated heterocycles. The van der Waals surface area contributed by atoms with E-state index in [0.717, 1.165) is 22.5 Å². The summed E-state index contributed by atoms with van der Waals surface area (Å²) in [5.74, 6) is -0.816. The molecule has 0 unspecified atom stereocenters. The number of carbonyl (C=O) groups is 2. The molecule has 3 aromatic rings. The van der Waals surface area contributed by atoms with Gasteiger partial charge in [0.25, 0.3) is 0 Å². The zero-order chi connectivity index (χ0) is 22.7. The predicted molar refractivity (Wildman–Crippen MR) is 117 cm³/mol. The third-order valence-corrected chi connectivity index (χ3v) is 5.45. The van der Waals surface area contributed by atoms with Crippen LogP contribution in [-0.2, 0) is 24.2 Å². The number of hydrogen-bond acceptors (Lipinski definition) is 4. The van der Waals surface area contributed by atoms with Gasteiger partial charge in [-0.1, -0.05) is 29.8 Å². The van der Waals surface area contributed by atoms with Gasteiger partial charge in [0.05, 0.1) is 24.5 Å². The van der Waals surface area contributed by atoms with Crippen molar-refractivity contribution in [1.29, 1.82) is 0 Å². The molecule has 166 valence electrons. The van der Waals surface area contributed by atoms with Crippen molar-refractivity contribution in [3.05, 3.63) is 82.4 Å². The number of fused-ring (bicyclic) bond motifs is 1. The van der Waals surface area contributed by atoms with E-state index in [2.05, 4.69) is 10.4 Å². The largest absolute Gasteiger partial charge is 0.461 e. The van der Waals surface area contributed by atoms with Gasteiger partial charge in [0.2, 0.25) is 0 Å². The molecule has 2 amide bonds. The number of benzene rings is 2. The summed E-state index contributed by atoms with van der Waals surface area (Å²) in [5.41, 5.74) is 4.63. The number of esters is 1. The molecular formula is C24H25FN4O3. The number of aromatic nitrogens is 2. The van der Waals surface area contributed by atoms with Crippen molar-refractivity contribution < 1.29 is 18.7 Å². The first-order valence-electron chi connectivity index (χ1n) is 10.6. The summed E-state index contributed by atoms with van der Waals surface area (Å²) in [6.07, 6.45) is 0.555.